The number of carbonyl (C=O) groups excluding carboxylic acids is 1. The Bertz CT molecular complexity index is 479. The van der Waals surface area contributed by atoms with E-state index in [-0.39, 0.29) is 5.91 Å². The molecule has 1 amide bonds. The van der Waals surface area contributed by atoms with E-state index in [9.17, 15) is 4.79 Å². The Hall–Kier alpha value is -1.87. The Labute approximate surface area is 127 Å². The molecule has 1 unspecified atom stereocenters. The highest BCUT2D eigenvalue weighted by Gasteiger charge is 2.04. The number of hydrogen-bond donors (Lipinski definition) is 2. The third kappa shape index (κ3) is 5.96. The Balaban J connectivity index is 1.48. The summed E-state index contributed by atoms with van der Waals surface area (Å²) in [7, 11) is 0. The number of allylic oxidation sites excluding steroid dienone is 3. The third-order valence-corrected chi connectivity index (χ3v) is 3.58. The molecule has 0 bridgehead atoms. The van der Waals surface area contributed by atoms with Gasteiger partial charge in [-0.1, -0.05) is 42.5 Å². The minimum absolute atomic E-state index is 0.0164. The minimum atomic E-state index is 0.0164. The van der Waals surface area contributed by atoms with Crippen LogP contribution < -0.4 is 10.6 Å². The van der Waals surface area contributed by atoms with Crippen LogP contribution in [0.5, 0.6) is 0 Å². The van der Waals surface area contributed by atoms with Crippen LogP contribution >= 0.6 is 0 Å². The smallest absolute Gasteiger partial charge is 0.251 e. The van der Waals surface area contributed by atoms with Crippen LogP contribution in [0, 0.1) is 5.92 Å². The summed E-state index contributed by atoms with van der Waals surface area (Å²) in [4.78, 5) is 11.8. The molecule has 0 aliphatic heterocycles. The lowest BCUT2D eigenvalue weighted by atomic mass is 10.0. The zero-order valence-electron chi connectivity index (χ0n) is 12.4. The summed E-state index contributed by atoms with van der Waals surface area (Å²) >= 11 is 0. The van der Waals surface area contributed by atoms with E-state index in [4.69, 9.17) is 0 Å². The van der Waals surface area contributed by atoms with Gasteiger partial charge in [-0.15, -0.1) is 0 Å². The fourth-order valence-corrected chi connectivity index (χ4v) is 2.34. The first kappa shape index (κ1) is 15.5. The molecule has 1 aliphatic carbocycles. The molecule has 1 aromatic rings. The summed E-state index contributed by atoms with van der Waals surface area (Å²) in [5.74, 6) is 0.649. The van der Waals surface area contributed by atoms with E-state index in [1.165, 1.54) is 0 Å². The van der Waals surface area contributed by atoms with Crippen LogP contribution in [-0.2, 0) is 0 Å². The average Bonchev–Trinajstić information content (AvgIpc) is 2.55. The van der Waals surface area contributed by atoms with E-state index >= 15 is 0 Å². The topological polar surface area (TPSA) is 41.1 Å². The van der Waals surface area contributed by atoms with Crippen molar-refractivity contribution in [2.75, 3.05) is 19.6 Å². The largest absolute Gasteiger partial charge is 0.352 e. The SMILES string of the molecule is O=C(NCCCCNCC1C=CC=CC1)c1ccccc1. The van der Waals surface area contributed by atoms with E-state index in [1.54, 1.807) is 0 Å². The maximum atomic E-state index is 11.8. The molecule has 1 atom stereocenters. The predicted octanol–water partition coefficient (Wildman–Crippen LogP) is 2.92. The number of hydrogen-bond acceptors (Lipinski definition) is 2. The zero-order valence-corrected chi connectivity index (χ0v) is 12.4. The Morgan fingerprint density at radius 3 is 2.67 bits per heavy atom. The molecule has 2 rings (SSSR count). The van der Waals surface area contributed by atoms with Crippen molar-refractivity contribution in [2.24, 2.45) is 5.92 Å². The highest BCUT2D eigenvalue weighted by Crippen LogP contribution is 2.09. The highest BCUT2D eigenvalue weighted by molar-refractivity contribution is 5.94. The van der Waals surface area contributed by atoms with E-state index < -0.39 is 0 Å². The van der Waals surface area contributed by atoms with Gasteiger partial charge in [0, 0.05) is 18.7 Å². The van der Waals surface area contributed by atoms with Crippen molar-refractivity contribution >= 4 is 5.91 Å². The first-order valence-corrected chi connectivity index (χ1v) is 7.73. The van der Waals surface area contributed by atoms with Gasteiger partial charge in [0.05, 0.1) is 0 Å². The van der Waals surface area contributed by atoms with Gasteiger partial charge < -0.3 is 10.6 Å². The number of carbonyl (C=O) groups is 1. The summed E-state index contributed by atoms with van der Waals surface area (Å²) in [6.07, 6.45) is 11.9. The third-order valence-electron chi connectivity index (χ3n) is 3.58. The molecule has 0 aromatic heterocycles. The average molecular weight is 284 g/mol. The van der Waals surface area contributed by atoms with Gasteiger partial charge >= 0.3 is 0 Å². The first-order chi connectivity index (χ1) is 10.4. The van der Waals surface area contributed by atoms with Crippen molar-refractivity contribution in [3.63, 3.8) is 0 Å². The van der Waals surface area contributed by atoms with Crippen molar-refractivity contribution in [1.82, 2.24) is 10.6 Å². The van der Waals surface area contributed by atoms with E-state index in [2.05, 4.69) is 34.9 Å². The molecule has 1 aromatic carbocycles. The molecule has 0 spiro atoms. The van der Waals surface area contributed by atoms with E-state index in [0.29, 0.717) is 5.92 Å². The molecule has 3 heteroatoms. The van der Waals surface area contributed by atoms with E-state index in [1.807, 2.05) is 30.3 Å². The molecule has 3 nitrogen and oxygen atoms in total. The number of amides is 1. The minimum Gasteiger partial charge on any atom is -0.352 e. The summed E-state index contributed by atoms with van der Waals surface area (Å²) in [5.41, 5.74) is 0.729. The maximum Gasteiger partial charge on any atom is 0.251 e. The van der Waals surface area contributed by atoms with Crippen LogP contribution in [0.2, 0.25) is 0 Å². The highest BCUT2D eigenvalue weighted by atomic mass is 16.1. The van der Waals surface area contributed by atoms with Crippen LogP contribution in [-0.4, -0.2) is 25.5 Å². The standard InChI is InChI=1S/C18H24N2O/c21-18(17-11-5-2-6-12-17)20-14-8-7-13-19-15-16-9-3-1-4-10-16/h1-6,9,11-12,16,19H,7-8,10,13-15H2,(H,20,21). The second-order valence-electron chi connectivity index (χ2n) is 5.34. The van der Waals surface area contributed by atoms with Crippen LogP contribution in [0.15, 0.2) is 54.6 Å². The van der Waals surface area contributed by atoms with Gasteiger partial charge in [-0.05, 0) is 43.9 Å². The number of unbranched alkanes of at least 4 members (excludes halogenated alkanes) is 1. The predicted molar refractivity (Wildman–Crippen MR) is 87.3 cm³/mol. The molecule has 0 saturated carbocycles. The molecular weight excluding hydrogens is 260 g/mol. The van der Waals surface area contributed by atoms with Crippen molar-refractivity contribution in [2.45, 2.75) is 19.3 Å². The fraction of sp³-hybridized carbons (Fsp3) is 0.389. The van der Waals surface area contributed by atoms with Crippen LogP contribution in [0.3, 0.4) is 0 Å². The molecule has 2 N–H and O–H groups in total. The van der Waals surface area contributed by atoms with Gasteiger partial charge in [0.1, 0.15) is 0 Å². The molecule has 0 saturated heterocycles. The van der Waals surface area contributed by atoms with Crippen LogP contribution in [0.1, 0.15) is 29.6 Å². The molecular formula is C18H24N2O. The van der Waals surface area contributed by atoms with Crippen LogP contribution in [0.25, 0.3) is 0 Å². The lowest BCUT2D eigenvalue weighted by molar-refractivity contribution is 0.0953. The molecule has 0 radical (unpaired) electrons. The van der Waals surface area contributed by atoms with Crippen LogP contribution in [0.4, 0.5) is 0 Å². The summed E-state index contributed by atoms with van der Waals surface area (Å²) in [6.45, 7) is 2.79. The quantitative estimate of drug-likeness (QED) is 0.721. The van der Waals surface area contributed by atoms with Crippen molar-refractivity contribution in [3.05, 3.63) is 60.2 Å². The Morgan fingerprint density at radius 1 is 1.10 bits per heavy atom. The maximum absolute atomic E-state index is 11.8. The Morgan fingerprint density at radius 2 is 1.90 bits per heavy atom. The molecule has 1 aliphatic rings. The monoisotopic (exact) mass is 284 g/mol. The van der Waals surface area contributed by atoms with Gasteiger partial charge in [0.2, 0.25) is 0 Å². The second kappa shape index (κ2) is 9.14. The van der Waals surface area contributed by atoms with Gasteiger partial charge in [-0.2, -0.15) is 0 Å². The summed E-state index contributed by atoms with van der Waals surface area (Å²) in [6, 6.07) is 9.35. The van der Waals surface area contributed by atoms with Gasteiger partial charge in [0.25, 0.3) is 5.91 Å². The fourth-order valence-electron chi connectivity index (χ4n) is 2.34. The van der Waals surface area contributed by atoms with Crippen molar-refractivity contribution < 1.29 is 4.79 Å². The van der Waals surface area contributed by atoms with E-state index in [0.717, 1.165) is 44.5 Å². The lowest BCUT2D eigenvalue weighted by Gasteiger charge is -2.13. The second-order valence-corrected chi connectivity index (χ2v) is 5.34. The van der Waals surface area contributed by atoms with Crippen molar-refractivity contribution in [1.29, 1.82) is 0 Å². The number of rotatable bonds is 8. The van der Waals surface area contributed by atoms with Gasteiger partial charge in [-0.3, -0.25) is 4.79 Å². The summed E-state index contributed by atoms with van der Waals surface area (Å²) < 4.78 is 0. The molecule has 0 heterocycles. The van der Waals surface area contributed by atoms with Crippen molar-refractivity contribution in [3.8, 4) is 0 Å². The number of benzene rings is 1. The lowest BCUT2D eigenvalue weighted by Crippen LogP contribution is -2.26. The zero-order chi connectivity index (χ0) is 14.8. The van der Waals surface area contributed by atoms with Gasteiger partial charge in [-0.25, -0.2) is 0 Å². The first-order valence-electron chi connectivity index (χ1n) is 7.73. The molecule has 0 fully saturated rings. The summed E-state index contributed by atoms with van der Waals surface area (Å²) in [5, 5.41) is 6.43. The Kier molecular flexibility index (Phi) is 6.75. The molecule has 21 heavy (non-hydrogen) atoms. The van der Waals surface area contributed by atoms with Gasteiger partial charge in [0.15, 0.2) is 0 Å². The molecule has 112 valence electrons. The number of nitrogens with one attached hydrogen (secondary N) is 2. The normalized spacial score (nSPS) is 16.9.